The van der Waals surface area contributed by atoms with Crippen molar-refractivity contribution >= 4 is 11.1 Å². The summed E-state index contributed by atoms with van der Waals surface area (Å²) in [5, 5.41) is 0. The van der Waals surface area contributed by atoms with Gasteiger partial charge in [-0.05, 0) is 31.5 Å². The Labute approximate surface area is 92.4 Å². The topological polar surface area (TPSA) is 98.0 Å². The highest BCUT2D eigenvalue weighted by Gasteiger charge is 2.23. The van der Waals surface area contributed by atoms with Crippen LogP contribution in [0.5, 0.6) is 0 Å². The second-order valence-corrected chi connectivity index (χ2v) is 4.57. The van der Waals surface area contributed by atoms with E-state index in [1.165, 1.54) is 0 Å². The monoisotopic (exact) mass is 221 g/mol. The van der Waals surface area contributed by atoms with Crippen LogP contribution in [0.3, 0.4) is 0 Å². The Morgan fingerprint density at radius 3 is 2.75 bits per heavy atom. The van der Waals surface area contributed by atoms with Crippen LogP contribution < -0.4 is 17.2 Å². The van der Waals surface area contributed by atoms with Crippen molar-refractivity contribution < 1.29 is 4.42 Å². The Bertz CT molecular complexity index is 562. The molecule has 1 aromatic heterocycles. The van der Waals surface area contributed by atoms with E-state index in [4.69, 9.17) is 15.9 Å². The number of hydrogen-bond acceptors (Lipinski definition) is 4. The summed E-state index contributed by atoms with van der Waals surface area (Å²) in [6, 6.07) is 5.03. The van der Waals surface area contributed by atoms with Crippen molar-refractivity contribution in [3.05, 3.63) is 34.3 Å². The Morgan fingerprint density at radius 1 is 1.44 bits per heavy atom. The Balaban J connectivity index is 2.50. The first-order valence-electron chi connectivity index (χ1n) is 5.05. The summed E-state index contributed by atoms with van der Waals surface area (Å²) in [6.45, 7) is 3.72. The zero-order chi connectivity index (χ0) is 11.9. The highest BCUT2D eigenvalue weighted by molar-refractivity contribution is 5.73. The second-order valence-electron chi connectivity index (χ2n) is 4.57. The highest BCUT2D eigenvalue weighted by atomic mass is 16.4. The number of nitrogens with two attached hydrogens (primary N) is 2. The van der Waals surface area contributed by atoms with Gasteiger partial charge < -0.3 is 15.9 Å². The molecule has 0 aliphatic rings. The van der Waals surface area contributed by atoms with Gasteiger partial charge in [-0.2, -0.15) is 0 Å². The lowest BCUT2D eigenvalue weighted by molar-refractivity contribution is 0.420. The molecule has 1 unspecified atom stereocenters. The first-order chi connectivity index (χ1) is 7.38. The highest BCUT2D eigenvalue weighted by Crippen LogP contribution is 2.23. The average molecular weight is 221 g/mol. The number of oxazole rings is 1. The number of hydrogen-bond donors (Lipinski definition) is 3. The lowest BCUT2D eigenvalue weighted by Crippen LogP contribution is -2.43. The third-order valence-electron chi connectivity index (χ3n) is 2.60. The zero-order valence-corrected chi connectivity index (χ0v) is 9.28. The van der Waals surface area contributed by atoms with Gasteiger partial charge in [-0.25, -0.2) is 4.79 Å². The fourth-order valence-corrected chi connectivity index (χ4v) is 1.59. The summed E-state index contributed by atoms with van der Waals surface area (Å²) in [7, 11) is 0. The minimum Gasteiger partial charge on any atom is -0.408 e. The van der Waals surface area contributed by atoms with Gasteiger partial charge in [0.25, 0.3) is 0 Å². The SMILES string of the molecule is CC(C)(N)C(N)c1ccc2oc(=O)[nH]c2c1. The molecule has 1 heterocycles. The van der Waals surface area contributed by atoms with Crippen molar-refractivity contribution in [2.24, 2.45) is 11.5 Å². The number of H-pyrrole nitrogens is 1. The van der Waals surface area contributed by atoms with Crippen molar-refractivity contribution in [1.82, 2.24) is 4.98 Å². The fourth-order valence-electron chi connectivity index (χ4n) is 1.59. The van der Waals surface area contributed by atoms with Crippen molar-refractivity contribution in [2.45, 2.75) is 25.4 Å². The van der Waals surface area contributed by atoms with Gasteiger partial charge in [0.15, 0.2) is 5.58 Å². The summed E-state index contributed by atoms with van der Waals surface area (Å²) in [5.41, 5.74) is 13.5. The Hall–Kier alpha value is -1.59. The molecule has 0 saturated carbocycles. The first kappa shape index (κ1) is 10.9. The molecule has 1 aromatic carbocycles. The van der Waals surface area contributed by atoms with Gasteiger partial charge in [-0.15, -0.1) is 0 Å². The molecular weight excluding hydrogens is 206 g/mol. The summed E-state index contributed by atoms with van der Waals surface area (Å²) in [6.07, 6.45) is 0. The third-order valence-corrected chi connectivity index (χ3v) is 2.60. The molecular formula is C11H15N3O2. The van der Waals surface area contributed by atoms with Crippen LogP contribution in [0.1, 0.15) is 25.5 Å². The van der Waals surface area contributed by atoms with Crippen molar-refractivity contribution in [3.63, 3.8) is 0 Å². The molecule has 2 rings (SSSR count). The lowest BCUT2D eigenvalue weighted by Gasteiger charge is -2.27. The standard InChI is InChI=1S/C11H15N3O2/c1-11(2,13)9(12)6-3-4-8-7(5-6)14-10(15)16-8/h3-5,9H,12-13H2,1-2H3,(H,14,15). The van der Waals surface area contributed by atoms with Gasteiger partial charge in [0.05, 0.1) is 5.52 Å². The van der Waals surface area contributed by atoms with Gasteiger partial charge >= 0.3 is 5.76 Å². The van der Waals surface area contributed by atoms with Crippen LogP contribution in [-0.4, -0.2) is 10.5 Å². The van der Waals surface area contributed by atoms with Crippen LogP contribution in [0.25, 0.3) is 11.1 Å². The van der Waals surface area contributed by atoms with Gasteiger partial charge in [-0.1, -0.05) is 6.07 Å². The molecule has 5 nitrogen and oxygen atoms in total. The maximum atomic E-state index is 11.0. The largest absolute Gasteiger partial charge is 0.417 e. The van der Waals surface area contributed by atoms with Gasteiger partial charge in [0, 0.05) is 11.6 Å². The molecule has 0 bridgehead atoms. The number of aromatic nitrogens is 1. The molecule has 0 aliphatic heterocycles. The van der Waals surface area contributed by atoms with E-state index >= 15 is 0 Å². The average Bonchev–Trinajstić information content (AvgIpc) is 2.54. The van der Waals surface area contributed by atoms with E-state index in [9.17, 15) is 4.79 Å². The molecule has 16 heavy (non-hydrogen) atoms. The summed E-state index contributed by atoms with van der Waals surface area (Å²) in [5.74, 6) is -0.465. The summed E-state index contributed by atoms with van der Waals surface area (Å²) < 4.78 is 4.91. The molecule has 0 spiro atoms. The molecule has 0 fully saturated rings. The molecule has 1 atom stereocenters. The molecule has 0 aliphatic carbocycles. The van der Waals surface area contributed by atoms with Crippen LogP contribution in [-0.2, 0) is 0 Å². The van der Waals surface area contributed by atoms with Crippen molar-refractivity contribution in [2.75, 3.05) is 0 Å². The minimum absolute atomic E-state index is 0.296. The zero-order valence-electron chi connectivity index (χ0n) is 9.28. The Kier molecular flexibility index (Phi) is 2.36. The van der Waals surface area contributed by atoms with E-state index in [0.29, 0.717) is 11.1 Å². The van der Waals surface area contributed by atoms with Gasteiger partial charge in [0.2, 0.25) is 0 Å². The first-order valence-corrected chi connectivity index (χ1v) is 5.05. The molecule has 0 saturated heterocycles. The number of fused-ring (bicyclic) bond motifs is 1. The molecule has 0 radical (unpaired) electrons. The molecule has 5 N–H and O–H groups in total. The van der Waals surface area contributed by atoms with Crippen LogP contribution in [0.4, 0.5) is 0 Å². The van der Waals surface area contributed by atoms with Crippen LogP contribution in [0.15, 0.2) is 27.4 Å². The lowest BCUT2D eigenvalue weighted by atomic mass is 9.90. The van der Waals surface area contributed by atoms with Crippen LogP contribution in [0.2, 0.25) is 0 Å². The quantitative estimate of drug-likeness (QED) is 0.700. The predicted molar refractivity (Wildman–Crippen MR) is 62.0 cm³/mol. The maximum Gasteiger partial charge on any atom is 0.417 e. The van der Waals surface area contributed by atoms with Crippen LogP contribution >= 0.6 is 0 Å². The van der Waals surface area contributed by atoms with Crippen molar-refractivity contribution in [3.8, 4) is 0 Å². The molecule has 0 amide bonds. The molecule has 86 valence electrons. The van der Waals surface area contributed by atoms with Gasteiger partial charge in [-0.3, -0.25) is 4.98 Å². The Morgan fingerprint density at radius 2 is 2.12 bits per heavy atom. The number of nitrogens with one attached hydrogen (secondary N) is 1. The fraction of sp³-hybridized carbons (Fsp3) is 0.364. The maximum absolute atomic E-state index is 11.0. The van der Waals surface area contributed by atoms with E-state index in [2.05, 4.69) is 4.98 Å². The predicted octanol–water partition coefficient (Wildman–Crippen LogP) is 0.858. The normalized spacial score (nSPS) is 14.2. The van der Waals surface area contributed by atoms with E-state index in [0.717, 1.165) is 5.56 Å². The second kappa shape index (κ2) is 3.47. The number of benzene rings is 1. The van der Waals surface area contributed by atoms with E-state index < -0.39 is 11.3 Å². The minimum atomic E-state index is -0.516. The van der Waals surface area contributed by atoms with Crippen LogP contribution in [0, 0.1) is 0 Å². The number of aromatic amines is 1. The van der Waals surface area contributed by atoms with Crippen molar-refractivity contribution in [1.29, 1.82) is 0 Å². The van der Waals surface area contributed by atoms with E-state index in [1.54, 1.807) is 12.1 Å². The molecule has 2 aromatic rings. The van der Waals surface area contributed by atoms with E-state index in [1.807, 2.05) is 19.9 Å². The van der Waals surface area contributed by atoms with E-state index in [-0.39, 0.29) is 6.04 Å². The van der Waals surface area contributed by atoms with Gasteiger partial charge in [0.1, 0.15) is 0 Å². The molecule has 5 heteroatoms. The number of rotatable bonds is 2. The summed E-state index contributed by atoms with van der Waals surface area (Å²) in [4.78, 5) is 13.6. The summed E-state index contributed by atoms with van der Waals surface area (Å²) >= 11 is 0. The third kappa shape index (κ3) is 1.87. The smallest absolute Gasteiger partial charge is 0.408 e.